The van der Waals surface area contributed by atoms with Crippen molar-refractivity contribution in [3.05, 3.63) is 30.5 Å². The van der Waals surface area contributed by atoms with E-state index in [0.29, 0.717) is 4.58 Å². The van der Waals surface area contributed by atoms with E-state index in [1.165, 1.54) is 0 Å². The monoisotopic (exact) mass is 267 g/mol. The van der Waals surface area contributed by atoms with Crippen molar-refractivity contribution < 1.29 is 4.74 Å². The number of rotatable bonds is 6. The van der Waals surface area contributed by atoms with Gasteiger partial charge in [0.25, 0.3) is 0 Å². The van der Waals surface area contributed by atoms with E-state index < -0.39 is 0 Å². The summed E-state index contributed by atoms with van der Waals surface area (Å²) in [6, 6.07) is 8.18. The lowest BCUT2D eigenvalue weighted by Crippen LogP contribution is -2.05. The summed E-state index contributed by atoms with van der Waals surface area (Å²) in [4.78, 5) is 3.19. The van der Waals surface area contributed by atoms with Gasteiger partial charge in [-0.3, -0.25) is 0 Å². The van der Waals surface area contributed by atoms with Crippen molar-refractivity contribution >= 4 is 34.4 Å². The van der Waals surface area contributed by atoms with Crippen molar-refractivity contribution in [1.82, 2.24) is 4.98 Å². The molecule has 0 atom stereocenters. The fraction of sp³-hybridized carbons (Fsp3) is 0.385. The molecule has 2 aromatic rings. The first kappa shape index (κ1) is 12.7. The zero-order chi connectivity index (χ0) is 12.1. The smallest absolute Gasteiger partial charge is 0.128 e. The van der Waals surface area contributed by atoms with Crippen molar-refractivity contribution in [3.8, 4) is 5.75 Å². The highest BCUT2D eigenvalue weighted by atomic mass is 32.2. The van der Waals surface area contributed by atoms with Gasteiger partial charge in [-0.15, -0.1) is 0 Å². The van der Waals surface area contributed by atoms with E-state index >= 15 is 0 Å². The van der Waals surface area contributed by atoms with Crippen molar-refractivity contribution in [2.75, 3.05) is 19.1 Å². The quantitative estimate of drug-likeness (QED) is 0.801. The van der Waals surface area contributed by atoms with Crippen LogP contribution in [0.1, 0.15) is 6.42 Å². The van der Waals surface area contributed by atoms with E-state index in [2.05, 4.69) is 29.6 Å². The normalized spacial score (nSPS) is 11.2. The summed E-state index contributed by atoms with van der Waals surface area (Å²) in [5.41, 5.74) is 1.13. The second kappa shape index (κ2) is 6.26. The SMILES string of the molecule is CSC(CCOc1cccc2[nH]ccc12)SC. The molecule has 1 aromatic heterocycles. The Morgan fingerprint density at radius 2 is 2.06 bits per heavy atom. The molecule has 17 heavy (non-hydrogen) atoms. The minimum atomic E-state index is 0.625. The third kappa shape index (κ3) is 3.13. The largest absolute Gasteiger partial charge is 0.493 e. The molecule has 0 aliphatic heterocycles. The number of hydrogen-bond acceptors (Lipinski definition) is 3. The predicted octanol–water partition coefficient (Wildman–Crippen LogP) is 3.99. The van der Waals surface area contributed by atoms with Crippen LogP contribution in [0.2, 0.25) is 0 Å². The fourth-order valence-electron chi connectivity index (χ4n) is 1.78. The van der Waals surface area contributed by atoms with Gasteiger partial charge in [0.05, 0.1) is 11.2 Å². The lowest BCUT2D eigenvalue weighted by molar-refractivity contribution is 0.320. The summed E-state index contributed by atoms with van der Waals surface area (Å²) in [6.45, 7) is 0.774. The van der Waals surface area contributed by atoms with Crippen LogP contribution in [-0.2, 0) is 0 Å². The Morgan fingerprint density at radius 3 is 2.82 bits per heavy atom. The molecule has 0 saturated carbocycles. The molecule has 0 fully saturated rings. The average molecular weight is 267 g/mol. The molecular formula is C13H17NOS2. The van der Waals surface area contributed by atoms with Gasteiger partial charge in [-0.2, -0.15) is 23.5 Å². The predicted molar refractivity (Wildman–Crippen MR) is 79.2 cm³/mol. The van der Waals surface area contributed by atoms with E-state index in [9.17, 15) is 0 Å². The van der Waals surface area contributed by atoms with Gasteiger partial charge in [0.2, 0.25) is 0 Å². The molecule has 2 rings (SSSR count). The van der Waals surface area contributed by atoms with Gasteiger partial charge in [0.1, 0.15) is 5.75 Å². The molecule has 0 bridgehead atoms. The Bertz CT molecular complexity index is 465. The Hall–Kier alpha value is -0.740. The number of H-pyrrole nitrogens is 1. The lowest BCUT2D eigenvalue weighted by atomic mass is 10.2. The number of nitrogens with one attached hydrogen (secondary N) is 1. The maximum atomic E-state index is 5.87. The molecule has 0 aliphatic rings. The van der Waals surface area contributed by atoms with Crippen LogP contribution in [0, 0.1) is 0 Å². The van der Waals surface area contributed by atoms with Crippen molar-refractivity contribution in [3.63, 3.8) is 0 Å². The van der Waals surface area contributed by atoms with Crippen molar-refractivity contribution in [1.29, 1.82) is 0 Å². The van der Waals surface area contributed by atoms with E-state index in [4.69, 9.17) is 4.74 Å². The molecule has 4 heteroatoms. The van der Waals surface area contributed by atoms with Gasteiger partial charge in [-0.05, 0) is 30.7 Å². The summed E-state index contributed by atoms with van der Waals surface area (Å²) < 4.78 is 6.49. The van der Waals surface area contributed by atoms with E-state index in [1.807, 2.05) is 41.9 Å². The third-order valence-electron chi connectivity index (χ3n) is 2.69. The molecule has 0 aliphatic carbocycles. The number of fused-ring (bicyclic) bond motifs is 1. The maximum absolute atomic E-state index is 5.87. The van der Waals surface area contributed by atoms with Crippen LogP contribution in [0.4, 0.5) is 0 Å². The number of hydrogen-bond donors (Lipinski definition) is 1. The van der Waals surface area contributed by atoms with E-state index in [1.54, 1.807) is 0 Å². The minimum Gasteiger partial charge on any atom is -0.493 e. The molecule has 0 unspecified atom stereocenters. The maximum Gasteiger partial charge on any atom is 0.128 e. The zero-order valence-electron chi connectivity index (χ0n) is 10.1. The van der Waals surface area contributed by atoms with Crippen LogP contribution >= 0.6 is 23.5 Å². The molecule has 2 nitrogen and oxygen atoms in total. The minimum absolute atomic E-state index is 0.625. The molecule has 0 spiro atoms. The van der Waals surface area contributed by atoms with E-state index in [0.717, 1.165) is 29.7 Å². The molecule has 1 aromatic carbocycles. The highest BCUT2D eigenvalue weighted by Gasteiger charge is 2.06. The summed E-state index contributed by atoms with van der Waals surface area (Å²) >= 11 is 3.77. The second-order valence-corrected chi connectivity index (χ2v) is 6.11. The van der Waals surface area contributed by atoms with Gasteiger partial charge in [-0.25, -0.2) is 0 Å². The zero-order valence-corrected chi connectivity index (χ0v) is 11.7. The van der Waals surface area contributed by atoms with Crippen LogP contribution < -0.4 is 4.74 Å². The topological polar surface area (TPSA) is 25.0 Å². The number of ether oxygens (including phenoxy) is 1. The first-order valence-electron chi connectivity index (χ1n) is 5.59. The van der Waals surface area contributed by atoms with Crippen LogP contribution in [0.3, 0.4) is 0 Å². The molecule has 1 heterocycles. The first-order valence-corrected chi connectivity index (χ1v) is 8.17. The van der Waals surface area contributed by atoms with Gasteiger partial charge in [0, 0.05) is 23.5 Å². The number of thioether (sulfide) groups is 2. The van der Waals surface area contributed by atoms with Crippen LogP contribution in [0.15, 0.2) is 30.5 Å². The molecule has 1 N–H and O–H groups in total. The van der Waals surface area contributed by atoms with E-state index in [-0.39, 0.29) is 0 Å². The Kier molecular flexibility index (Phi) is 4.68. The third-order valence-corrected chi connectivity index (χ3v) is 5.37. The highest BCUT2D eigenvalue weighted by Crippen LogP contribution is 2.26. The second-order valence-electron chi connectivity index (χ2n) is 3.73. The Morgan fingerprint density at radius 1 is 1.24 bits per heavy atom. The van der Waals surface area contributed by atoms with Crippen LogP contribution in [0.25, 0.3) is 10.9 Å². The standard InChI is InChI=1S/C13H17NOS2/c1-16-13(17-2)7-9-15-12-5-3-4-11-10(12)6-8-14-11/h3-6,8,13-14H,7,9H2,1-2H3. The van der Waals surface area contributed by atoms with Gasteiger partial charge in [-0.1, -0.05) is 6.07 Å². The number of aromatic nitrogens is 1. The first-order chi connectivity index (χ1) is 8.35. The number of benzene rings is 1. The molecular weight excluding hydrogens is 250 g/mol. The van der Waals surface area contributed by atoms with Gasteiger partial charge >= 0.3 is 0 Å². The molecule has 92 valence electrons. The van der Waals surface area contributed by atoms with Crippen molar-refractivity contribution in [2.45, 2.75) is 11.0 Å². The lowest BCUT2D eigenvalue weighted by Gasteiger charge is -2.12. The molecule has 0 radical (unpaired) electrons. The fourth-order valence-corrected chi connectivity index (χ4v) is 3.21. The van der Waals surface area contributed by atoms with Gasteiger partial charge in [0.15, 0.2) is 0 Å². The Balaban J connectivity index is 1.97. The number of aromatic amines is 1. The highest BCUT2D eigenvalue weighted by molar-refractivity contribution is 8.16. The summed E-state index contributed by atoms with van der Waals surface area (Å²) in [5, 5.41) is 1.16. The van der Waals surface area contributed by atoms with Gasteiger partial charge < -0.3 is 9.72 Å². The molecule has 0 amide bonds. The Labute approximate surface area is 111 Å². The summed E-state index contributed by atoms with van der Waals surface area (Å²) in [6.07, 6.45) is 7.31. The summed E-state index contributed by atoms with van der Waals surface area (Å²) in [7, 11) is 0. The summed E-state index contributed by atoms with van der Waals surface area (Å²) in [5.74, 6) is 0.977. The average Bonchev–Trinajstić information content (AvgIpc) is 2.83. The van der Waals surface area contributed by atoms with Crippen LogP contribution in [-0.4, -0.2) is 28.7 Å². The van der Waals surface area contributed by atoms with Crippen LogP contribution in [0.5, 0.6) is 5.75 Å². The molecule has 0 saturated heterocycles. The van der Waals surface area contributed by atoms with Crippen molar-refractivity contribution in [2.24, 2.45) is 0 Å².